The van der Waals surface area contributed by atoms with E-state index in [2.05, 4.69) is 40.1 Å². The number of hydrogen-bond donors (Lipinski definition) is 0. The van der Waals surface area contributed by atoms with Crippen molar-refractivity contribution in [3.8, 4) is 6.07 Å². The van der Waals surface area contributed by atoms with Crippen molar-refractivity contribution in [2.75, 3.05) is 31.1 Å². The molecule has 2 fully saturated rings. The van der Waals surface area contributed by atoms with Gasteiger partial charge in [-0.15, -0.1) is 0 Å². The number of pyridine rings is 1. The molecule has 2 aliphatic heterocycles. The molecular weight excluding hydrogens is 542 g/mol. The molecular formula is C30H31N5O3S2. The molecule has 40 heavy (non-hydrogen) atoms. The molecule has 3 aromatic rings. The minimum Gasteiger partial charge on any atom is -0.467 e. The van der Waals surface area contributed by atoms with Crippen LogP contribution in [-0.2, 0) is 24.4 Å². The standard InChI is InChI=1S/C30H31N5O3S2/c1-3-11-34-27(33-14-12-32(13-15-33)19-22-8-5-4-6-9-22)24(21(2)25(18-31)28(34)36)17-26-29(37)35(30(39)40-26)20-23-10-7-16-38-23/h4-10,16-17H,3,11-15,19-20H2,1-2H3/b26-17+. The van der Waals surface area contributed by atoms with E-state index in [1.165, 1.54) is 22.2 Å². The first-order chi connectivity index (χ1) is 19.4. The van der Waals surface area contributed by atoms with E-state index >= 15 is 0 Å². The van der Waals surface area contributed by atoms with Crippen molar-refractivity contribution in [1.82, 2.24) is 14.4 Å². The molecule has 10 heteroatoms. The van der Waals surface area contributed by atoms with Crippen LogP contribution in [0.3, 0.4) is 0 Å². The Kier molecular flexibility index (Phi) is 8.54. The lowest BCUT2D eigenvalue weighted by molar-refractivity contribution is -0.122. The summed E-state index contributed by atoms with van der Waals surface area (Å²) in [7, 11) is 0. The summed E-state index contributed by atoms with van der Waals surface area (Å²) in [5.74, 6) is 1.20. The lowest BCUT2D eigenvalue weighted by atomic mass is 10.0. The number of benzene rings is 1. The fraction of sp³-hybridized carbons (Fsp3) is 0.333. The molecule has 0 N–H and O–H groups in total. The summed E-state index contributed by atoms with van der Waals surface area (Å²) in [4.78, 5) is 33.6. The van der Waals surface area contributed by atoms with Gasteiger partial charge in [-0.05, 0) is 42.7 Å². The predicted octanol–water partition coefficient (Wildman–Crippen LogP) is 4.76. The smallest absolute Gasteiger partial charge is 0.270 e. The molecule has 0 radical (unpaired) electrons. The van der Waals surface area contributed by atoms with Gasteiger partial charge in [0, 0.05) is 44.8 Å². The Morgan fingerprint density at radius 1 is 1.07 bits per heavy atom. The zero-order valence-electron chi connectivity index (χ0n) is 22.6. The van der Waals surface area contributed by atoms with Crippen LogP contribution in [0.15, 0.2) is 62.8 Å². The van der Waals surface area contributed by atoms with Gasteiger partial charge in [0.2, 0.25) is 0 Å². The average molecular weight is 574 g/mol. The summed E-state index contributed by atoms with van der Waals surface area (Å²) in [5.41, 5.74) is 2.39. The highest BCUT2D eigenvalue weighted by atomic mass is 32.2. The van der Waals surface area contributed by atoms with Crippen molar-refractivity contribution >= 4 is 46.1 Å². The monoisotopic (exact) mass is 573 g/mol. The average Bonchev–Trinajstić information content (AvgIpc) is 3.57. The lowest BCUT2D eigenvalue weighted by Crippen LogP contribution is -2.48. The van der Waals surface area contributed by atoms with Crippen LogP contribution < -0.4 is 10.5 Å². The SMILES string of the molecule is CCCn1c(N2CCN(Cc3ccccc3)CC2)c(/C=C2/SC(=S)N(Cc3ccco3)C2=O)c(C)c(C#N)c1=O. The molecule has 2 aliphatic rings. The Morgan fingerprint density at radius 2 is 1.82 bits per heavy atom. The van der Waals surface area contributed by atoms with Gasteiger partial charge in [0.05, 0.1) is 17.7 Å². The van der Waals surface area contributed by atoms with Crippen molar-refractivity contribution in [3.05, 3.63) is 92.0 Å². The summed E-state index contributed by atoms with van der Waals surface area (Å²) >= 11 is 6.77. The van der Waals surface area contributed by atoms with Crippen LogP contribution in [0.2, 0.25) is 0 Å². The van der Waals surface area contributed by atoms with E-state index in [9.17, 15) is 14.9 Å². The highest BCUT2D eigenvalue weighted by Crippen LogP contribution is 2.37. The molecule has 0 unspecified atom stereocenters. The molecule has 2 saturated heterocycles. The van der Waals surface area contributed by atoms with Crippen LogP contribution in [0.5, 0.6) is 0 Å². The maximum absolute atomic E-state index is 13.5. The Labute approximate surface area is 243 Å². The van der Waals surface area contributed by atoms with E-state index in [-0.39, 0.29) is 23.6 Å². The van der Waals surface area contributed by atoms with E-state index in [1.807, 2.05) is 25.1 Å². The van der Waals surface area contributed by atoms with E-state index in [1.54, 1.807) is 23.8 Å². The minimum atomic E-state index is -0.286. The molecule has 1 aromatic carbocycles. The second kappa shape index (κ2) is 12.3. The van der Waals surface area contributed by atoms with Crippen molar-refractivity contribution < 1.29 is 9.21 Å². The Morgan fingerprint density at radius 3 is 2.48 bits per heavy atom. The van der Waals surface area contributed by atoms with Gasteiger partial charge in [-0.1, -0.05) is 61.2 Å². The number of piperazine rings is 1. The molecule has 0 atom stereocenters. The van der Waals surface area contributed by atoms with Gasteiger partial charge >= 0.3 is 0 Å². The van der Waals surface area contributed by atoms with Crippen LogP contribution >= 0.6 is 24.0 Å². The number of nitriles is 1. The van der Waals surface area contributed by atoms with E-state index < -0.39 is 0 Å². The maximum Gasteiger partial charge on any atom is 0.270 e. The molecule has 0 bridgehead atoms. The summed E-state index contributed by atoms with van der Waals surface area (Å²) in [6.45, 7) is 8.52. The van der Waals surface area contributed by atoms with Crippen LogP contribution in [0.1, 0.15) is 41.4 Å². The lowest BCUT2D eigenvalue weighted by Gasteiger charge is -2.38. The highest BCUT2D eigenvalue weighted by molar-refractivity contribution is 8.26. The number of anilines is 1. The number of aromatic nitrogens is 1. The number of thiocarbonyl (C=S) groups is 1. The minimum absolute atomic E-state index is 0.109. The van der Waals surface area contributed by atoms with E-state index in [4.69, 9.17) is 16.6 Å². The third-order valence-electron chi connectivity index (χ3n) is 7.26. The van der Waals surface area contributed by atoms with Gasteiger partial charge in [-0.3, -0.25) is 24.0 Å². The molecule has 0 aliphatic carbocycles. The van der Waals surface area contributed by atoms with Gasteiger partial charge in [0.1, 0.15) is 27.5 Å². The topological polar surface area (TPSA) is 85.7 Å². The number of amides is 1. The summed E-state index contributed by atoms with van der Waals surface area (Å²) in [5, 5.41) is 9.92. The Balaban J connectivity index is 1.50. The summed E-state index contributed by atoms with van der Waals surface area (Å²) < 4.78 is 7.59. The number of thioether (sulfide) groups is 1. The first-order valence-corrected chi connectivity index (χ1v) is 14.6. The molecule has 0 saturated carbocycles. The van der Waals surface area contributed by atoms with Crippen molar-refractivity contribution in [2.45, 2.75) is 39.9 Å². The third-order valence-corrected chi connectivity index (χ3v) is 8.64. The number of nitrogens with zero attached hydrogens (tertiary/aromatic N) is 5. The van der Waals surface area contributed by atoms with Crippen molar-refractivity contribution in [2.24, 2.45) is 0 Å². The first kappa shape index (κ1) is 27.9. The van der Waals surface area contributed by atoms with Crippen molar-refractivity contribution in [3.63, 3.8) is 0 Å². The third kappa shape index (κ3) is 5.63. The molecule has 8 nitrogen and oxygen atoms in total. The highest BCUT2D eigenvalue weighted by Gasteiger charge is 2.34. The maximum atomic E-state index is 13.5. The summed E-state index contributed by atoms with van der Waals surface area (Å²) in [6.07, 6.45) is 4.12. The summed E-state index contributed by atoms with van der Waals surface area (Å²) in [6, 6.07) is 16.1. The largest absolute Gasteiger partial charge is 0.467 e. The molecule has 4 heterocycles. The predicted molar refractivity (Wildman–Crippen MR) is 162 cm³/mol. The van der Waals surface area contributed by atoms with Crippen LogP contribution in [0.4, 0.5) is 5.82 Å². The Bertz CT molecular complexity index is 1530. The van der Waals surface area contributed by atoms with Gasteiger partial charge in [-0.2, -0.15) is 5.26 Å². The molecule has 2 aromatic heterocycles. The van der Waals surface area contributed by atoms with Gasteiger partial charge < -0.3 is 9.32 Å². The molecule has 5 rings (SSSR count). The number of rotatable bonds is 8. The second-order valence-corrected chi connectivity index (χ2v) is 11.6. The molecule has 206 valence electrons. The first-order valence-electron chi connectivity index (χ1n) is 13.4. The quantitative estimate of drug-likeness (QED) is 0.282. The van der Waals surface area contributed by atoms with E-state index in [0.717, 1.165) is 50.5 Å². The normalized spacial score (nSPS) is 17.2. The fourth-order valence-electron chi connectivity index (χ4n) is 5.20. The number of furan rings is 1. The number of carbonyl (C=O) groups is 1. The fourth-order valence-corrected chi connectivity index (χ4v) is 6.44. The number of carbonyl (C=O) groups excluding carboxylic acids is 1. The van der Waals surface area contributed by atoms with Gasteiger partial charge in [0.15, 0.2) is 0 Å². The van der Waals surface area contributed by atoms with Crippen LogP contribution in [-0.4, -0.2) is 50.8 Å². The molecule has 1 amide bonds. The molecule has 0 spiro atoms. The van der Waals surface area contributed by atoms with Crippen LogP contribution in [0.25, 0.3) is 6.08 Å². The number of hydrogen-bond acceptors (Lipinski definition) is 8. The zero-order chi connectivity index (χ0) is 28.2. The second-order valence-electron chi connectivity index (χ2n) is 9.90. The van der Waals surface area contributed by atoms with E-state index in [0.29, 0.717) is 27.1 Å². The van der Waals surface area contributed by atoms with Crippen LogP contribution in [0, 0.1) is 18.3 Å². The van der Waals surface area contributed by atoms with Crippen molar-refractivity contribution in [1.29, 1.82) is 5.26 Å². The Hall–Kier alpha value is -3.65. The van der Waals surface area contributed by atoms with Gasteiger partial charge in [-0.25, -0.2) is 0 Å². The zero-order valence-corrected chi connectivity index (χ0v) is 24.3. The van der Waals surface area contributed by atoms with Gasteiger partial charge in [0.25, 0.3) is 11.5 Å².